The highest BCUT2D eigenvalue weighted by molar-refractivity contribution is 5.67. The predicted molar refractivity (Wildman–Crippen MR) is 153 cm³/mol. The molecule has 0 bridgehead atoms. The minimum Gasteiger partial charge on any atom is -0.497 e. The van der Waals surface area contributed by atoms with Crippen LogP contribution >= 0.6 is 0 Å². The largest absolute Gasteiger partial charge is 0.497 e. The van der Waals surface area contributed by atoms with E-state index in [1.54, 1.807) is 14.0 Å². The lowest BCUT2D eigenvalue weighted by molar-refractivity contribution is -0.160. The van der Waals surface area contributed by atoms with Crippen molar-refractivity contribution in [1.29, 1.82) is 0 Å². The first-order valence-corrected chi connectivity index (χ1v) is 15.6. The van der Waals surface area contributed by atoms with Crippen molar-refractivity contribution in [1.82, 2.24) is 4.90 Å². The molecule has 1 aliphatic heterocycles. The van der Waals surface area contributed by atoms with Crippen LogP contribution in [0.5, 0.6) is 5.75 Å². The molecule has 1 saturated heterocycles. The zero-order valence-corrected chi connectivity index (χ0v) is 24.2. The number of piperidine rings is 1. The Morgan fingerprint density at radius 2 is 1.68 bits per heavy atom. The van der Waals surface area contributed by atoms with Gasteiger partial charge in [-0.2, -0.15) is 0 Å². The molecule has 1 heterocycles. The summed E-state index contributed by atoms with van der Waals surface area (Å²) in [7, 11) is 1.71. The zero-order chi connectivity index (χ0) is 26.5. The minimum absolute atomic E-state index is 0.0410. The Bertz CT molecular complexity index is 1040. The van der Waals surface area contributed by atoms with E-state index in [9.17, 15) is 4.79 Å². The third-order valence-electron chi connectivity index (χ3n) is 12.1. The van der Waals surface area contributed by atoms with Crippen LogP contribution in [0.1, 0.15) is 97.0 Å². The topological polar surface area (TPSA) is 38.8 Å². The Kier molecular flexibility index (Phi) is 7.16. The van der Waals surface area contributed by atoms with E-state index < -0.39 is 0 Å². The van der Waals surface area contributed by atoms with E-state index in [1.807, 2.05) is 12.1 Å². The van der Waals surface area contributed by atoms with Gasteiger partial charge in [0.2, 0.25) is 0 Å². The monoisotopic (exact) mass is 519 g/mol. The molecule has 1 aromatic carbocycles. The molecule has 4 heteroatoms. The van der Waals surface area contributed by atoms with Gasteiger partial charge in [0.1, 0.15) is 11.9 Å². The molecule has 4 saturated carbocycles. The van der Waals surface area contributed by atoms with Gasteiger partial charge < -0.3 is 14.4 Å². The molecule has 38 heavy (non-hydrogen) atoms. The summed E-state index contributed by atoms with van der Waals surface area (Å²) in [5, 5.41) is 0. The second-order valence-electron chi connectivity index (χ2n) is 13.9. The summed E-state index contributed by atoms with van der Waals surface area (Å²) in [6.45, 7) is 9.37. The van der Waals surface area contributed by atoms with Gasteiger partial charge in [0.05, 0.1) is 7.11 Å². The van der Waals surface area contributed by atoms with E-state index in [-0.39, 0.29) is 17.5 Å². The van der Waals surface area contributed by atoms with Gasteiger partial charge in [-0.3, -0.25) is 4.79 Å². The smallest absolute Gasteiger partial charge is 0.303 e. The maximum absolute atomic E-state index is 12.3. The predicted octanol–water partition coefficient (Wildman–Crippen LogP) is 7.52. The van der Waals surface area contributed by atoms with Gasteiger partial charge in [-0.1, -0.05) is 38.5 Å². The Hall–Kier alpha value is -1.81. The molecule has 0 spiro atoms. The molecule has 4 unspecified atom stereocenters. The van der Waals surface area contributed by atoms with Crippen molar-refractivity contribution in [3.8, 4) is 5.75 Å². The van der Waals surface area contributed by atoms with Crippen molar-refractivity contribution in [3.63, 3.8) is 0 Å². The fraction of sp³-hybridized carbons (Fsp3) is 0.735. The summed E-state index contributed by atoms with van der Waals surface area (Å²) in [5.74, 6) is 3.78. The maximum atomic E-state index is 12.3. The second kappa shape index (κ2) is 10.3. The number of hydrogen-bond donors (Lipinski definition) is 0. The van der Waals surface area contributed by atoms with Crippen LogP contribution in [-0.4, -0.2) is 43.2 Å². The number of rotatable bonds is 4. The normalized spacial score (nSPS) is 42.2. The first kappa shape index (κ1) is 26.4. The highest BCUT2D eigenvalue weighted by Gasteiger charge is 2.62. The second-order valence-corrected chi connectivity index (χ2v) is 13.9. The van der Waals surface area contributed by atoms with Gasteiger partial charge in [0.15, 0.2) is 0 Å². The fourth-order valence-corrected chi connectivity index (χ4v) is 10.1. The number of carbonyl (C=O) groups excluding carboxylic acids is 1. The maximum Gasteiger partial charge on any atom is 0.303 e. The summed E-state index contributed by atoms with van der Waals surface area (Å²) in [6, 6.07) is 9.12. The van der Waals surface area contributed by atoms with Crippen LogP contribution in [0.15, 0.2) is 29.8 Å². The number of nitrogens with zero attached hydrogens (tertiary/aromatic N) is 1. The summed E-state index contributed by atoms with van der Waals surface area (Å²) in [6.07, 6.45) is 17.0. The molecular formula is C34H49NO3. The Morgan fingerprint density at radius 3 is 2.39 bits per heavy atom. The van der Waals surface area contributed by atoms with Gasteiger partial charge in [-0.05, 0) is 130 Å². The van der Waals surface area contributed by atoms with Gasteiger partial charge in [-0.15, -0.1) is 0 Å². The van der Waals surface area contributed by atoms with Crippen LogP contribution in [0.2, 0.25) is 0 Å². The Labute approximate surface area is 230 Å². The van der Waals surface area contributed by atoms with Crippen molar-refractivity contribution in [2.75, 3.05) is 20.2 Å². The number of fused-ring (bicyclic) bond motifs is 5. The van der Waals surface area contributed by atoms with E-state index in [1.165, 1.54) is 88.4 Å². The Morgan fingerprint density at radius 1 is 0.947 bits per heavy atom. The number of likely N-dealkylation sites (tertiary alicyclic amines) is 1. The van der Waals surface area contributed by atoms with E-state index >= 15 is 0 Å². The summed E-state index contributed by atoms with van der Waals surface area (Å²) in [5.41, 5.74) is 3.01. The zero-order valence-electron chi connectivity index (χ0n) is 24.2. The average molecular weight is 520 g/mol. The van der Waals surface area contributed by atoms with Crippen LogP contribution in [0.4, 0.5) is 0 Å². The van der Waals surface area contributed by atoms with E-state index in [2.05, 4.69) is 37.0 Å². The lowest BCUT2D eigenvalue weighted by atomic mass is 9.45. The van der Waals surface area contributed by atoms with E-state index in [4.69, 9.17) is 9.47 Å². The first-order valence-electron chi connectivity index (χ1n) is 15.6. The van der Waals surface area contributed by atoms with Gasteiger partial charge in [0.25, 0.3) is 0 Å². The van der Waals surface area contributed by atoms with Gasteiger partial charge >= 0.3 is 5.97 Å². The molecule has 1 aromatic rings. The molecule has 6 rings (SSSR count). The highest BCUT2D eigenvalue weighted by Crippen LogP contribution is 2.67. The van der Waals surface area contributed by atoms with Gasteiger partial charge in [0, 0.05) is 18.4 Å². The minimum atomic E-state index is -0.147. The number of benzene rings is 1. The summed E-state index contributed by atoms with van der Waals surface area (Å²) in [4.78, 5) is 15.2. The number of esters is 1. The lowest BCUT2D eigenvalue weighted by Gasteiger charge is -2.61. The van der Waals surface area contributed by atoms with E-state index in [0.29, 0.717) is 11.3 Å². The first-order chi connectivity index (χ1) is 18.3. The molecule has 208 valence electrons. The summed E-state index contributed by atoms with van der Waals surface area (Å²) >= 11 is 0. The van der Waals surface area contributed by atoms with Gasteiger partial charge in [-0.25, -0.2) is 0 Å². The molecule has 5 aliphatic rings. The van der Waals surface area contributed by atoms with Crippen molar-refractivity contribution in [3.05, 3.63) is 35.4 Å². The Balaban J connectivity index is 1.24. The standard InChI is InChI=1S/C34H49NO3/c1-23(36)38-32-25(20-24-8-11-28(37-4)12-9-24)21-31-29-13-10-26-22-27(35-18-6-5-7-19-35)14-16-33(26,2)30(29)15-17-34(31,32)3/h8-9,11-12,20,26-27,29-32H,5-7,10,13-19,21-22H2,1-4H3/b25-20+/t26?,27-,29?,30?,31?,32-,33-,34-/m0/s1. The molecule has 4 nitrogen and oxygen atoms in total. The van der Waals surface area contributed by atoms with Crippen LogP contribution in [-0.2, 0) is 9.53 Å². The number of carbonyl (C=O) groups is 1. The van der Waals surface area contributed by atoms with Crippen molar-refractivity contribution < 1.29 is 14.3 Å². The van der Waals surface area contributed by atoms with Crippen LogP contribution in [0, 0.1) is 34.5 Å². The molecular weight excluding hydrogens is 470 g/mol. The van der Waals surface area contributed by atoms with E-state index in [0.717, 1.165) is 36.0 Å². The van der Waals surface area contributed by atoms with Crippen molar-refractivity contribution in [2.24, 2.45) is 34.5 Å². The quantitative estimate of drug-likeness (QED) is 0.386. The molecule has 8 atom stereocenters. The third-order valence-corrected chi connectivity index (χ3v) is 12.1. The molecule has 5 fully saturated rings. The molecule has 4 aliphatic carbocycles. The SMILES string of the molecule is COc1ccc(/C=C2\CC3C4CCC5C[C@@H](N6CCCCC6)CC[C@]5(C)C4CC[C@]3(C)[C@H]2OC(C)=O)cc1. The van der Waals surface area contributed by atoms with Crippen LogP contribution in [0.25, 0.3) is 6.08 Å². The molecule has 0 N–H and O–H groups in total. The number of hydrogen-bond acceptors (Lipinski definition) is 4. The fourth-order valence-electron chi connectivity index (χ4n) is 10.1. The number of ether oxygens (including phenoxy) is 2. The average Bonchev–Trinajstić information content (AvgIpc) is 3.19. The number of methoxy groups -OCH3 is 1. The molecule has 0 radical (unpaired) electrons. The lowest BCUT2D eigenvalue weighted by Crippen LogP contribution is -2.56. The van der Waals surface area contributed by atoms with Crippen molar-refractivity contribution in [2.45, 2.75) is 104 Å². The molecule has 0 aromatic heterocycles. The summed E-state index contributed by atoms with van der Waals surface area (Å²) < 4.78 is 11.5. The van der Waals surface area contributed by atoms with Crippen LogP contribution < -0.4 is 4.74 Å². The molecule has 0 amide bonds. The van der Waals surface area contributed by atoms with Crippen LogP contribution in [0.3, 0.4) is 0 Å². The highest BCUT2D eigenvalue weighted by atomic mass is 16.5. The third kappa shape index (κ3) is 4.53. The van der Waals surface area contributed by atoms with Crippen molar-refractivity contribution >= 4 is 12.0 Å².